The highest BCUT2D eigenvalue weighted by Gasteiger charge is 2.21. The first-order valence-electron chi connectivity index (χ1n) is 9.62. The van der Waals surface area contributed by atoms with Crippen molar-refractivity contribution in [2.24, 2.45) is 11.7 Å². The van der Waals surface area contributed by atoms with Crippen LogP contribution in [0.3, 0.4) is 0 Å². The summed E-state index contributed by atoms with van der Waals surface area (Å²) in [6, 6.07) is 11.1. The normalized spacial score (nSPS) is 10.6. The predicted molar refractivity (Wildman–Crippen MR) is 118 cm³/mol. The van der Waals surface area contributed by atoms with E-state index in [1.54, 1.807) is 31.9 Å². The van der Waals surface area contributed by atoms with Crippen molar-refractivity contribution in [1.29, 1.82) is 0 Å². The Morgan fingerprint density at radius 3 is 2.48 bits per heavy atom. The fourth-order valence-electron chi connectivity index (χ4n) is 2.80. The number of hydrogen-bond donors (Lipinski definition) is 2. The van der Waals surface area contributed by atoms with Crippen LogP contribution in [0, 0.1) is 0 Å². The van der Waals surface area contributed by atoms with Gasteiger partial charge in [0.15, 0.2) is 0 Å². The molecule has 0 saturated carbocycles. The summed E-state index contributed by atoms with van der Waals surface area (Å²) in [5.74, 6) is 13.9. The van der Waals surface area contributed by atoms with Crippen molar-refractivity contribution in [1.82, 2.24) is 5.01 Å². The van der Waals surface area contributed by atoms with Crippen molar-refractivity contribution < 1.29 is 14.3 Å². The molecule has 8 heteroatoms. The van der Waals surface area contributed by atoms with Crippen LogP contribution in [0.15, 0.2) is 41.3 Å². The second kappa shape index (κ2) is 10.9. The van der Waals surface area contributed by atoms with Crippen LogP contribution in [-0.2, 0) is 12.2 Å². The first kappa shape index (κ1) is 22.9. The monoisotopic (exact) mass is 418 g/mol. The molecule has 2 amide bonds. The minimum Gasteiger partial charge on any atom is -0.496 e. The average molecular weight is 419 g/mol. The number of rotatable bonds is 9. The highest BCUT2D eigenvalue weighted by atomic mass is 32.2. The molecule has 0 saturated heterocycles. The fourth-order valence-corrected chi connectivity index (χ4v) is 3.91. The fraction of sp³-hybridized carbons (Fsp3) is 0.381. The Morgan fingerprint density at radius 1 is 1.10 bits per heavy atom. The van der Waals surface area contributed by atoms with Gasteiger partial charge in [0.05, 0.1) is 19.4 Å². The van der Waals surface area contributed by atoms with E-state index >= 15 is 0 Å². The molecule has 2 aromatic carbocycles. The molecule has 158 valence electrons. The number of aryl methyl sites for hydroxylation is 1. The van der Waals surface area contributed by atoms with Crippen molar-refractivity contribution in [3.63, 3.8) is 0 Å². The van der Waals surface area contributed by atoms with Gasteiger partial charge < -0.3 is 9.47 Å². The van der Waals surface area contributed by atoms with E-state index in [1.807, 2.05) is 25.1 Å². The zero-order valence-corrected chi connectivity index (χ0v) is 18.3. The molecule has 0 fully saturated rings. The van der Waals surface area contributed by atoms with Gasteiger partial charge in [-0.1, -0.05) is 19.1 Å². The largest absolute Gasteiger partial charge is 0.496 e. The van der Waals surface area contributed by atoms with E-state index in [-0.39, 0.29) is 0 Å². The van der Waals surface area contributed by atoms with E-state index in [9.17, 15) is 4.79 Å². The van der Waals surface area contributed by atoms with Crippen molar-refractivity contribution >= 4 is 23.5 Å². The Kier molecular flexibility index (Phi) is 8.63. The van der Waals surface area contributed by atoms with Crippen LogP contribution in [0.4, 0.5) is 10.5 Å². The lowest BCUT2D eigenvalue weighted by Gasteiger charge is -2.25. The third-order valence-electron chi connectivity index (χ3n) is 4.47. The quantitative estimate of drug-likeness (QED) is 0.277. The summed E-state index contributed by atoms with van der Waals surface area (Å²) >= 11 is 1.61. The molecule has 0 bridgehead atoms. The summed E-state index contributed by atoms with van der Waals surface area (Å²) in [4.78, 5) is 13.5. The number of nitrogens with zero attached hydrogens (tertiary/aromatic N) is 2. The summed E-state index contributed by atoms with van der Waals surface area (Å²) in [7, 11) is 1.66. The maximum atomic E-state index is 12.5. The summed E-state index contributed by atoms with van der Waals surface area (Å²) < 4.78 is 11.3. The summed E-state index contributed by atoms with van der Waals surface area (Å²) in [5.41, 5.74) is 2.61. The number of carbonyl (C=O) groups excluding carboxylic acids is 1. The zero-order valence-electron chi connectivity index (χ0n) is 17.5. The first-order valence-corrected chi connectivity index (χ1v) is 10.6. The number of methoxy groups -OCH3 is 1. The van der Waals surface area contributed by atoms with E-state index in [1.165, 1.54) is 5.56 Å². The van der Waals surface area contributed by atoms with Crippen molar-refractivity contribution in [3.8, 4) is 11.5 Å². The molecule has 0 aliphatic heterocycles. The molecule has 0 atom stereocenters. The summed E-state index contributed by atoms with van der Waals surface area (Å²) in [5, 5.41) is 2.14. The Bertz CT molecular complexity index is 832. The standard InChI is InChI=1S/C21H30N4O3S/c1-5-15-11-12-19(27-4)20(13-15)29-14-16-17(9-8-10-18(16)28-7-3)25(23)21(26)24(22)6-2/h8-13H,5-7,14,22-23H2,1-4H3. The molecule has 0 aromatic heterocycles. The van der Waals surface area contributed by atoms with E-state index in [0.717, 1.165) is 32.6 Å². The molecule has 0 unspecified atom stereocenters. The molecule has 0 aliphatic rings. The van der Waals surface area contributed by atoms with Gasteiger partial charge in [0.25, 0.3) is 0 Å². The second-order valence-corrected chi connectivity index (χ2v) is 7.27. The topological polar surface area (TPSA) is 94.1 Å². The lowest BCUT2D eigenvalue weighted by Crippen LogP contribution is -2.50. The van der Waals surface area contributed by atoms with Gasteiger partial charge in [-0.3, -0.25) is 5.01 Å². The van der Waals surface area contributed by atoms with Crippen LogP contribution in [0.1, 0.15) is 31.9 Å². The SMILES string of the molecule is CCOc1cccc(N(N)C(=O)N(N)CC)c1CSc1cc(CC)ccc1OC. The molecular weight excluding hydrogens is 388 g/mol. The lowest BCUT2D eigenvalue weighted by molar-refractivity contribution is 0.208. The van der Waals surface area contributed by atoms with Gasteiger partial charge in [0.1, 0.15) is 11.5 Å². The highest BCUT2D eigenvalue weighted by molar-refractivity contribution is 7.98. The molecule has 4 N–H and O–H groups in total. The van der Waals surface area contributed by atoms with Gasteiger partial charge in [-0.05, 0) is 50.1 Å². The van der Waals surface area contributed by atoms with Crippen LogP contribution in [0.2, 0.25) is 0 Å². The van der Waals surface area contributed by atoms with Gasteiger partial charge in [0.2, 0.25) is 0 Å². The Hall–Kier alpha value is -2.42. The molecule has 0 radical (unpaired) electrons. The molecule has 2 aromatic rings. The Balaban J connectivity index is 2.39. The Morgan fingerprint density at radius 2 is 1.86 bits per heavy atom. The lowest BCUT2D eigenvalue weighted by atomic mass is 10.1. The molecule has 0 aliphatic carbocycles. The molecule has 0 spiro atoms. The minimum atomic E-state index is -0.488. The van der Waals surface area contributed by atoms with Gasteiger partial charge >= 0.3 is 6.03 Å². The minimum absolute atomic E-state index is 0.350. The van der Waals surface area contributed by atoms with Crippen LogP contribution in [-0.4, -0.2) is 31.3 Å². The van der Waals surface area contributed by atoms with E-state index < -0.39 is 6.03 Å². The van der Waals surface area contributed by atoms with E-state index in [2.05, 4.69) is 19.1 Å². The number of thioether (sulfide) groups is 1. The molecule has 29 heavy (non-hydrogen) atoms. The summed E-state index contributed by atoms with van der Waals surface area (Å²) in [6.07, 6.45) is 0.937. The maximum Gasteiger partial charge on any atom is 0.353 e. The van der Waals surface area contributed by atoms with Crippen molar-refractivity contribution in [2.75, 3.05) is 25.3 Å². The molecule has 7 nitrogen and oxygen atoms in total. The van der Waals surface area contributed by atoms with Gasteiger partial charge in [-0.2, -0.15) is 0 Å². The number of hydrogen-bond acceptors (Lipinski definition) is 6. The number of amides is 2. The number of carbonyl (C=O) groups is 1. The molecular formula is C21H30N4O3S. The summed E-state index contributed by atoms with van der Waals surface area (Å²) in [6.45, 7) is 6.67. The Labute approximate surface area is 176 Å². The van der Waals surface area contributed by atoms with Crippen LogP contribution in [0.5, 0.6) is 11.5 Å². The van der Waals surface area contributed by atoms with Crippen molar-refractivity contribution in [3.05, 3.63) is 47.5 Å². The van der Waals surface area contributed by atoms with Gasteiger partial charge in [-0.25, -0.2) is 21.5 Å². The number of nitrogens with two attached hydrogens (primary N) is 2. The number of benzene rings is 2. The zero-order chi connectivity index (χ0) is 21.4. The number of ether oxygens (including phenoxy) is 2. The smallest absolute Gasteiger partial charge is 0.353 e. The van der Waals surface area contributed by atoms with Crippen LogP contribution >= 0.6 is 11.8 Å². The van der Waals surface area contributed by atoms with E-state index in [4.69, 9.17) is 21.2 Å². The number of urea groups is 1. The van der Waals surface area contributed by atoms with Gasteiger partial charge in [-0.15, -0.1) is 11.8 Å². The first-order chi connectivity index (χ1) is 14.0. The number of hydrazine groups is 2. The van der Waals surface area contributed by atoms with Crippen molar-refractivity contribution in [2.45, 2.75) is 37.8 Å². The molecule has 2 rings (SSSR count). The third-order valence-corrected chi connectivity index (χ3v) is 5.53. The second-order valence-electron chi connectivity index (χ2n) is 6.25. The van der Waals surface area contributed by atoms with Crippen LogP contribution < -0.4 is 26.2 Å². The highest BCUT2D eigenvalue weighted by Crippen LogP contribution is 2.38. The molecule has 0 heterocycles. The predicted octanol–water partition coefficient (Wildman–Crippen LogP) is 3.94. The van der Waals surface area contributed by atoms with E-state index in [0.29, 0.717) is 30.3 Å². The van der Waals surface area contributed by atoms with Gasteiger partial charge in [0, 0.05) is 22.8 Å². The number of anilines is 1. The maximum absolute atomic E-state index is 12.5. The van der Waals surface area contributed by atoms with Crippen LogP contribution in [0.25, 0.3) is 0 Å². The average Bonchev–Trinajstić information content (AvgIpc) is 2.76. The third kappa shape index (κ3) is 5.56.